The lowest BCUT2D eigenvalue weighted by molar-refractivity contribution is -0.117. The van der Waals surface area contributed by atoms with Gasteiger partial charge in [0.15, 0.2) is 11.5 Å². The maximum absolute atomic E-state index is 13.1. The number of ether oxygens (including phenoxy) is 2. The third-order valence-corrected chi connectivity index (χ3v) is 5.90. The molecule has 8 nitrogen and oxygen atoms in total. The van der Waals surface area contributed by atoms with Gasteiger partial charge >= 0.3 is 0 Å². The van der Waals surface area contributed by atoms with Crippen LogP contribution >= 0.6 is 0 Å². The number of carbonyl (C=O) groups excluding carboxylic acids is 2. The van der Waals surface area contributed by atoms with Crippen LogP contribution in [0.15, 0.2) is 73.1 Å². The molecule has 1 amide bonds. The molecule has 0 aliphatic heterocycles. The van der Waals surface area contributed by atoms with Crippen LogP contribution in [0.4, 0.5) is 0 Å². The molecule has 1 N–H and O–H groups in total. The molecule has 0 radical (unpaired) electrons. The van der Waals surface area contributed by atoms with Crippen molar-refractivity contribution in [2.45, 2.75) is 33.4 Å². The second-order valence-corrected chi connectivity index (χ2v) is 8.37. The first-order valence-corrected chi connectivity index (χ1v) is 11.6. The highest BCUT2D eigenvalue weighted by molar-refractivity contribution is 6.43. The van der Waals surface area contributed by atoms with Gasteiger partial charge in [0.25, 0.3) is 11.7 Å². The first-order chi connectivity index (χ1) is 17.4. The molecule has 0 aliphatic rings. The third kappa shape index (κ3) is 5.27. The summed E-state index contributed by atoms with van der Waals surface area (Å²) >= 11 is 0. The summed E-state index contributed by atoms with van der Waals surface area (Å²) in [6.45, 7) is 5.69. The van der Waals surface area contributed by atoms with Gasteiger partial charge in [-0.25, -0.2) is 4.68 Å². The van der Waals surface area contributed by atoms with Crippen molar-refractivity contribution in [2.75, 3.05) is 7.11 Å². The monoisotopic (exact) mass is 484 g/mol. The minimum absolute atomic E-state index is 0.306. The van der Waals surface area contributed by atoms with Crippen LogP contribution in [-0.2, 0) is 11.4 Å². The number of ketones is 1. The summed E-state index contributed by atoms with van der Waals surface area (Å²) in [5.41, 5.74) is 4.00. The Morgan fingerprint density at radius 1 is 1.00 bits per heavy atom. The lowest BCUT2D eigenvalue weighted by atomic mass is 10.1. The van der Waals surface area contributed by atoms with E-state index < -0.39 is 17.7 Å². The number of hydrogen-bond acceptors (Lipinski definition) is 6. The third-order valence-electron chi connectivity index (χ3n) is 5.90. The first-order valence-electron chi connectivity index (χ1n) is 11.6. The lowest BCUT2D eigenvalue weighted by Gasteiger charge is -2.17. The first kappa shape index (κ1) is 24.7. The van der Waals surface area contributed by atoms with Crippen LogP contribution in [0.25, 0.3) is 5.69 Å². The predicted octanol–water partition coefficient (Wildman–Crippen LogP) is 4.53. The van der Waals surface area contributed by atoms with E-state index in [9.17, 15) is 9.59 Å². The minimum Gasteiger partial charge on any atom is -0.493 e. The molecule has 1 atom stereocenters. The number of nitrogens with zero attached hydrogens (tertiary/aromatic N) is 3. The average molecular weight is 485 g/mol. The Hall–Kier alpha value is -4.46. The molecule has 2 heterocycles. The van der Waals surface area contributed by atoms with Gasteiger partial charge in [-0.05, 0) is 68.3 Å². The fourth-order valence-corrected chi connectivity index (χ4v) is 3.96. The average Bonchev–Trinajstić information content (AvgIpc) is 3.21. The fourth-order valence-electron chi connectivity index (χ4n) is 3.96. The van der Waals surface area contributed by atoms with Gasteiger partial charge in [0, 0.05) is 12.4 Å². The molecule has 0 saturated heterocycles. The second kappa shape index (κ2) is 10.9. The summed E-state index contributed by atoms with van der Waals surface area (Å²) in [5.74, 6) is -0.210. The quantitative estimate of drug-likeness (QED) is 0.277. The van der Waals surface area contributed by atoms with Gasteiger partial charge in [0.2, 0.25) is 0 Å². The van der Waals surface area contributed by atoms with E-state index in [1.54, 1.807) is 50.2 Å². The number of benzene rings is 2. The van der Waals surface area contributed by atoms with Crippen LogP contribution in [0, 0.1) is 13.8 Å². The summed E-state index contributed by atoms with van der Waals surface area (Å²) in [6, 6.07) is 18.2. The number of methoxy groups -OCH3 is 1. The molecule has 1 unspecified atom stereocenters. The number of para-hydroxylation sites is 1. The van der Waals surface area contributed by atoms with E-state index in [2.05, 4.69) is 15.4 Å². The number of aromatic nitrogens is 3. The topological polar surface area (TPSA) is 95.3 Å². The minimum atomic E-state index is -0.696. The van der Waals surface area contributed by atoms with Crippen LogP contribution in [-0.4, -0.2) is 33.6 Å². The second-order valence-electron chi connectivity index (χ2n) is 8.37. The summed E-state index contributed by atoms with van der Waals surface area (Å²) in [7, 11) is 1.56. The van der Waals surface area contributed by atoms with Gasteiger partial charge in [-0.1, -0.05) is 24.3 Å². The molecule has 184 valence electrons. The molecule has 0 bridgehead atoms. The van der Waals surface area contributed by atoms with Crippen LogP contribution in [0.5, 0.6) is 11.5 Å². The van der Waals surface area contributed by atoms with Crippen LogP contribution in [0.2, 0.25) is 0 Å². The highest BCUT2D eigenvalue weighted by Crippen LogP contribution is 2.31. The number of Topliss-reactive ketones (excluding diaryl/α,β-unsaturated/α-hetero) is 1. The zero-order chi connectivity index (χ0) is 25.7. The van der Waals surface area contributed by atoms with Gasteiger partial charge in [-0.2, -0.15) is 5.10 Å². The van der Waals surface area contributed by atoms with Crippen LogP contribution in [0.3, 0.4) is 0 Å². The zero-order valence-electron chi connectivity index (χ0n) is 20.7. The number of hydrogen-bond donors (Lipinski definition) is 1. The van der Waals surface area contributed by atoms with Gasteiger partial charge in [0.05, 0.1) is 35.8 Å². The molecule has 4 rings (SSSR count). The normalized spacial score (nSPS) is 11.6. The molecule has 4 aromatic rings. The standard InChI is InChI=1S/C28H28N4O4/c1-18(22-10-11-24(25(16-22)35-4)36-17-21-12-14-29-15-13-21)30-28(34)27(33)26-19(2)31-32(20(26)3)23-8-6-5-7-9-23/h5-16,18H,17H2,1-4H3,(H,30,34). The number of nitrogens with one attached hydrogen (secondary N) is 1. The fraction of sp³-hybridized carbons (Fsp3) is 0.214. The Bertz CT molecular complexity index is 1370. The smallest absolute Gasteiger partial charge is 0.293 e. The Kier molecular flexibility index (Phi) is 7.44. The summed E-state index contributed by atoms with van der Waals surface area (Å²) in [4.78, 5) is 30.0. The number of pyridine rings is 1. The van der Waals surface area contributed by atoms with Crippen molar-refractivity contribution in [2.24, 2.45) is 0 Å². The Morgan fingerprint density at radius 2 is 1.72 bits per heavy atom. The molecule has 0 saturated carbocycles. The van der Waals surface area contributed by atoms with E-state index >= 15 is 0 Å². The summed E-state index contributed by atoms with van der Waals surface area (Å²) in [6.07, 6.45) is 3.42. The maximum Gasteiger partial charge on any atom is 0.293 e. The van der Waals surface area contributed by atoms with Gasteiger partial charge < -0.3 is 14.8 Å². The molecule has 0 spiro atoms. The molecule has 0 fully saturated rings. The Morgan fingerprint density at radius 3 is 2.42 bits per heavy atom. The van der Waals surface area contributed by atoms with Crippen molar-refractivity contribution in [3.05, 3.63) is 101 Å². The molecule has 2 aromatic heterocycles. The van der Waals surface area contributed by atoms with Crippen molar-refractivity contribution in [3.8, 4) is 17.2 Å². The number of amides is 1. The Labute approximate surface area is 209 Å². The van der Waals surface area contributed by atoms with Crippen molar-refractivity contribution >= 4 is 11.7 Å². The van der Waals surface area contributed by atoms with E-state index in [0.29, 0.717) is 35.1 Å². The van der Waals surface area contributed by atoms with E-state index in [1.165, 1.54) is 0 Å². The highest BCUT2D eigenvalue weighted by Gasteiger charge is 2.26. The maximum atomic E-state index is 13.1. The molecular formula is C28H28N4O4. The highest BCUT2D eigenvalue weighted by atomic mass is 16.5. The van der Waals surface area contributed by atoms with Crippen molar-refractivity contribution in [1.82, 2.24) is 20.1 Å². The number of aryl methyl sites for hydroxylation is 1. The molecular weight excluding hydrogens is 456 g/mol. The molecule has 0 aliphatic carbocycles. The number of carbonyl (C=O) groups is 2. The zero-order valence-corrected chi connectivity index (χ0v) is 20.7. The van der Waals surface area contributed by atoms with Crippen LogP contribution in [0.1, 0.15) is 45.8 Å². The van der Waals surface area contributed by atoms with Crippen molar-refractivity contribution in [1.29, 1.82) is 0 Å². The number of rotatable bonds is 9. The largest absolute Gasteiger partial charge is 0.493 e. The van der Waals surface area contributed by atoms with Gasteiger partial charge in [-0.15, -0.1) is 0 Å². The lowest BCUT2D eigenvalue weighted by Crippen LogP contribution is -2.33. The molecule has 8 heteroatoms. The van der Waals surface area contributed by atoms with E-state index in [-0.39, 0.29) is 0 Å². The van der Waals surface area contributed by atoms with E-state index in [1.807, 2.05) is 55.5 Å². The SMILES string of the molecule is COc1cc(C(C)NC(=O)C(=O)c2c(C)nn(-c3ccccc3)c2C)ccc1OCc1ccncc1. The summed E-state index contributed by atoms with van der Waals surface area (Å²) < 4.78 is 13.1. The van der Waals surface area contributed by atoms with Gasteiger partial charge in [-0.3, -0.25) is 14.6 Å². The summed E-state index contributed by atoms with van der Waals surface area (Å²) in [5, 5.41) is 7.27. The Balaban J connectivity index is 1.46. The molecule has 36 heavy (non-hydrogen) atoms. The van der Waals surface area contributed by atoms with Crippen molar-refractivity contribution in [3.63, 3.8) is 0 Å². The molecule has 2 aromatic carbocycles. The predicted molar refractivity (Wildman–Crippen MR) is 135 cm³/mol. The van der Waals surface area contributed by atoms with E-state index in [0.717, 1.165) is 16.8 Å². The van der Waals surface area contributed by atoms with Crippen molar-refractivity contribution < 1.29 is 19.1 Å². The van der Waals surface area contributed by atoms with E-state index in [4.69, 9.17) is 9.47 Å². The van der Waals surface area contributed by atoms with Crippen LogP contribution < -0.4 is 14.8 Å². The van der Waals surface area contributed by atoms with Gasteiger partial charge in [0.1, 0.15) is 6.61 Å².